The second kappa shape index (κ2) is 4.03. The minimum absolute atomic E-state index is 0.0200. The summed E-state index contributed by atoms with van der Waals surface area (Å²) >= 11 is 0. The van der Waals surface area contributed by atoms with E-state index in [0.29, 0.717) is 6.42 Å². The highest BCUT2D eigenvalue weighted by Crippen LogP contribution is 2.04. The highest BCUT2D eigenvalue weighted by Gasteiger charge is 2.04. The van der Waals surface area contributed by atoms with E-state index in [0.717, 1.165) is 5.56 Å². The molecule has 0 aliphatic carbocycles. The zero-order valence-electron chi connectivity index (χ0n) is 7.75. The van der Waals surface area contributed by atoms with Crippen molar-refractivity contribution < 1.29 is 9.18 Å². The number of halogens is 1. The SMILES string of the molecule is CN(C)C(=O)Cc1ccc(F)cc1. The normalized spacial score (nSPS) is 9.77. The summed E-state index contributed by atoms with van der Waals surface area (Å²) in [4.78, 5) is 12.7. The molecule has 0 bridgehead atoms. The molecule has 0 saturated heterocycles. The molecule has 0 atom stereocenters. The van der Waals surface area contributed by atoms with Crippen molar-refractivity contribution in [3.63, 3.8) is 0 Å². The fourth-order valence-electron chi connectivity index (χ4n) is 0.935. The number of likely N-dealkylation sites (N-methyl/N-ethyl adjacent to an activating group) is 1. The molecule has 0 radical (unpaired) electrons. The summed E-state index contributed by atoms with van der Waals surface area (Å²) in [6.07, 6.45) is 0.327. The van der Waals surface area contributed by atoms with E-state index >= 15 is 0 Å². The quantitative estimate of drug-likeness (QED) is 0.676. The minimum Gasteiger partial charge on any atom is -0.349 e. The van der Waals surface area contributed by atoms with Crippen molar-refractivity contribution in [1.29, 1.82) is 0 Å². The van der Waals surface area contributed by atoms with Gasteiger partial charge in [0.25, 0.3) is 0 Å². The molecule has 2 nitrogen and oxygen atoms in total. The lowest BCUT2D eigenvalue weighted by molar-refractivity contribution is -0.127. The molecule has 0 unspecified atom stereocenters. The third-order valence-electron chi connectivity index (χ3n) is 1.77. The van der Waals surface area contributed by atoms with Crippen LogP contribution in [0.4, 0.5) is 4.39 Å². The molecule has 1 aromatic rings. The van der Waals surface area contributed by atoms with Crippen molar-refractivity contribution in [2.45, 2.75) is 6.42 Å². The number of carbonyl (C=O) groups excluding carboxylic acids is 1. The Kier molecular flexibility index (Phi) is 3.01. The van der Waals surface area contributed by atoms with Gasteiger partial charge in [0.2, 0.25) is 5.91 Å². The molecule has 0 aliphatic heterocycles. The first kappa shape index (κ1) is 9.71. The molecular weight excluding hydrogens is 169 g/mol. The number of benzene rings is 1. The molecular formula is C10H12FNO. The molecule has 13 heavy (non-hydrogen) atoms. The first-order valence-corrected chi connectivity index (χ1v) is 4.04. The van der Waals surface area contributed by atoms with Crippen molar-refractivity contribution in [2.75, 3.05) is 14.1 Å². The van der Waals surface area contributed by atoms with E-state index in [9.17, 15) is 9.18 Å². The largest absolute Gasteiger partial charge is 0.349 e. The highest BCUT2D eigenvalue weighted by atomic mass is 19.1. The summed E-state index contributed by atoms with van der Waals surface area (Å²) in [6.45, 7) is 0. The third kappa shape index (κ3) is 2.86. The van der Waals surface area contributed by atoms with Crippen LogP contribution < -0.4 is 0 Å². The summed E-state index contributed by atoms with van der Waals surface area (Å²) < 4.78 is 12.5. The Bertz CT molecular complexity index is 292. The molecule has 0 fully saturated rings. The minimum atomic E-state index is -0.277. The average molecular weight is 181 g/mol. The Hall–Kier alpha value is -1.38. The summed E-state index contributed by atoms with van der Waals surface area (Å²) in [6, 6.07) is 5.96. The molecule has 3 heteroatoms. The maximum atomic E-state index is 12.5. The van der Waals surface area contributed by atoms with Gasteiger partial charge < -0.3 is 4.90 Å². The van der Waals surface area contributed by atoms with Gasteiger partial charge in [-0.05, 0) is 17.7 Å². The van der Waals surface area contributed by atoms with Gasteiger partial charge in [-0.2, -0.15) is 0 Å². The van der Waals surface area contributed by atoms with Crippen LogP contribution >= 0.6 is 0 Å². The summed E-state index contributed by atoms with van der Waals surface area (Å²) in [5.41, 5.74) is 0.833. The maximum Gasteiger partial charge on any atom is 0.226 e. The molecule has 0 saturated carbocycles. The lowest BCUT2D eigenvalue weighted by Crippen LogP contribution is -2.23. The fraction of sp³-hybridized carbons (Fsp3) is 0.300. The second-order valence-electron chi connectivity index (χ2n) is 3.09. The number of rotatable bonds is 2. The van der Waals surface area contributed by atoms with Crippen molar-refractivity contribution in [3.8, 4) is 0 Å². The average Bonchev–Trinajstić information content (AvgIpc) is 2.08. The number of hydrogen-bond donors (Lipinski definition) is 0. The van der Waals surface area contributed by atoms with Crippen molar-refractivity contribution in [3.05, 3.63) is 35.6 Å². The van der Waals surface area contributed by atoms with Gasteiger partial charge in [0.05, 0.1) is 6.42 Å². The summed E-state index contributed by atoms with van der Waals surface area (Å²) in [7, 11) is 3.40. The molecule has 1 rings (SSSR count). The maximum absolute atomic E-state index is 12.5. The lowest BCUT2D eigenvalue weighted by atomic mass is 10.1. The van der Waals surface area contributed by atoms with Crippen molar-refractivity contribution in [1.82, 2.24) is 4.90 Å². The highest BCUT2D eigenvalue weighted by molar-refractivity contribution is 5.78. The summed E-state index contributed by atoms with van der Waals surface area (Å²) in [5.74, 6) is -0.257. The molecule has 1 amide bonds. The van der Waals surface area contributed by atoms with Gasteiger partial charge in [-0.15, -0.1) is 0 Å². The van der Waals surface area contributed by atoms with Crippen molar-refractivity contribution in [2.24, 2.45) is 0 Å². The van der Waals surface area contributed by atoms with Crippen molar-refractivity contribution >= 4 is 5.91 Å². The van der Waals surface area contributed by atoms with Gasteiger partial charge in [-0.25, -0.2) is 4.39 Å². The fourth-order valence-corrected chi connectivity index (χ4v) is 0.935. The number of nitrogens with zero attached hydrogens (tertiary/aromatic N) is 1. The van der Waals surface area contributed by atoms with Crippen LogP contribution in [0.5, 0.6) is 0 Å². The van der Waals surface area contributed by atoms with E-state index in [1.54, 1.807) is 26.2 Å². The van der Waals surface area contributed by atoms with Crippen LogP contribution in [-0.2, 0) is 11.2 Å². The van der Waals surface area contributed by atoms with Crippen LogP contribution in [0.15, 0.2) is 24.3 Å². The number of carbonyl (C=O) groups is 1. The molecule has 0 spiro atoms. The van der Waals surface area contributed by atoms with Crippen LogP contribution in [-0.4, -0.2) is 24.9 Å². The van der Waals surface area contributed by atoms with Crippen LogP contribution in [0, 0.1) is 5.82 Å². The third-order valence-corrected chi connectivity index (χ3v) is 1.77. The standard InChI is InChI=1S/C10H12FNO/c1-12(2)10(13)7-8-3-5-9(11)6-4-8/h3-6H,7H2,1-2H3. The van der Waals surface area contributed by atoms with Crippen LogP contribution in [0.2, 0.25) is 0 Å². The Morgan fingerprint density at radius 2 is 1.85 bits per heavy atom. The Morgan fingerprint density at radius 3 is 2.31 bits per heavy atom. The molecule has 0 aromatic heterocycles. The van der Waals surface area contributed by atoms with Gasteiger partial charge >= 0.3 is 0 Å². The number of amides is 1. The molecule has 1 aromatic carbocycles. The van der Waals surface area contributed by atoms with Crippen LogP contribution in [0.25, 0.3) is 0 Å². The van der Waals surface area contributed by atoms with E-state index in [2.05, 4.69) is 0 Å². The predicted octanol–water partition coefficient (Wildman–Crippen LogP) is 1.46. The smallest absolute Gasteiger partial charge is 0.226 e. The van der Waals surface area contributed by atoms with E-state index in [4.69, 9.17) is 0 Å². The first-order valence-electron chi connectivity index (χ1n) is 4.04. The number of hydrogen-bond acceptors (Lipinski definition) is 1. The Morgan fingerprint density at radius 1 is 1.31 bits per heavy atom. The Balaban J connectivity index is 2.65. The van der Waals surface area contributed by atoms with Crippen LogP contribution in [0.1, 0.15) is 5.56 Å². The lowest BCUT2D eigenvalue weighted by Gasteiger charge is -2.09. The van der Waals surface area contributed by atoms with E-state index < -0.39 is 0 Å². The predicted molar refractivity (Wildman–Crippen MR) is 48.8 cm³/mol. The molecule has 0 heterocycles. The van der Waals surface area contributed by atoms with E-state index in [-0.39, 0.29) is 11.7 Å². The monoisotopic (exact) mass is 181 g/mol. The van der Waals surface area contributed by atoms with Gasteiger partial charge in [0.15, 0.2) is 0 Å². The second-order valence-corrected chi connectivity index (χ2v) is 3.09. The zero-order valence-corrected chi connectivity index (χ0v) is 7.75. The Labute approximate surface area is 77.0 Å². The van der Waals surface area contributed by atoms with E-state index in [1.165, 1.54) is 17.0 Å². The van der Waals surface area contributed by atoms with Crippen LogP contribution in [0.3, 0.4) is 0 Å². The summed E-state index contributed by atoms with van der Waals surface area (Å²) in [5, 5.41) is 0. The van der Waals surface area contributed by atoms with E-state index in [1.807, 2.05) is 0 Å². The van der Waals surface area contributed by atoms with Gasteiger partial charge in [0, 0.05) is 14.1 Å². The molecule has 0 N–H and O–H groups in total. The molecule has 0 aliphatic rings. The van der Waals surface area contributed by atoms with Gasteiger partial charge in [-0.3, -0.25) is 4.79 Å². The zero-order chi connectivity index (χ0) is 9.84. The first-order chi connectivity index (χ1) is 6.09. The van der Waals surface area contributed by atoms with Gasteiger partial charge in [-0.1, -0.05) is 12.1 Å². The van der Waals surface area contributed by atoms with Gasteiger partial charge in [0.1, 0.15) is 5.82 Å². The topological polar surface area (TPSA) is 20.3 Å². The molecule has 70 valence electrons.